The number of phenols is 1. The van der Waals surface area contributed by atoms with Gasteiger partial charge < -0.3 is 10.8 Å². The van der Waals surface area contributed by atoms with E-state index in [0.29, 0.717) is 12.3 Å². The Hall–Kier alpha value is -1.54. The Bertz CT molecular complexity index is 866. The van der Waals surface area contributed by atoms with Crippen LogP contribution in [0.25, 0.3) is 16.9 Å². The third kappa shape index (κ3) is 10.1. The van der Waals surface area contributed by atoms with E-state index >= 15 is 0 Å². The molecule has 0 aliphatic carbocycles. The smallest absolute Gasteiger partial charge is 0.123 e. The summed E-state index contributed by atoms with van der Waals surface area (Å²) in [6.45, 7) is 7.22. The van der Waals surface area contributed by atoms with Crippen molar-refractivity contribution in [3.63, 3.8) is 0 Å². The summed E-state index contributed by atoms with van der Waals surface area (Å²) >= 11 is 0. The first-order chi connectivity index (χ1) is 14.0. The molecular weight excluding hydrogens is 570 g/mol. The fourth-order valence-electron chi connectivity index (χ4n) is 3.37. The molecule has 0 saturated carbocycles. The molecule has 0 unspecified atom stereocenters. The van der Waals surface area contributed by atoms with Gasteiger partial charge in [0, 0.05) is 26.6 Å². The Labute approximate surface area is 210 Å². The summed E-state index contributed by atoms with van der Waals surface area (Å²) in [6, 6.07) is 26.7. The molecule has 0 fully saturated rings. The van der Waals surface area contributed by atoms with Gasteiger partial charge in [-0.3, -0.25) is 0 Å². The monoisotopic (exact) mass is 606 g/mol. The second kappa shape index (κ2) is 15.3. The molecule has 0 amide bonds. The van der Waals surface area contributed by atoms with Crippen molar-refractivity contribution in [3.8, 4) is 16.9 Å². The van der Waals surface area contributed by atoms with Crippen LogP contribution in [0.3, 0.4) is 0 Å². The van der Waals surface area contributed by atoms with Crippen molar-refractivity contribution in [1.29, 1.82) is 0 Å². The second-order valence-electron chi connectivity index (χ2n) is 8.25. The summed E-state index contributed by atoms with van der Waals surface area (Å²) in [7, 11) is 0. The topological polar surface area (TPSA) is 44.0 Å². The molecule has 0 aliphatic heterocycles. The van der Waals surface area contributed by atoms with E-state index in [1.165, 1.54) is 11.1 Å². The molecule has 0 saturated heterocycles. The average Bonchev–Trinajstić information content (AvgIpc) is 2.74. The van der Waals surface area contributed by atoms with Crippen LogP contribution in [0.1, 0.15) is 44.7 Å². The van der Waals surface area contributed by atoms with Crippen molar-refractivity contribution >= 4 is 13.5 Å². The molecule has 2 nitrogen and oxygen atoms in total. The number of rotatable bonds is 7. The van der Waals surface area contributed by atoms with Crippen LogP contribution in [0.5, 0.6) is 5.75 Å². The van der Waals surface area contributed by atoms with Crippen LogP contribution in [0.2, 0.25) is 0 Å². The number of aromatic hydroxyl groups is 1. The molecule has 2 N–H and O–H groups in total. The Balaban J connectivity index is 0.00000138. The molecule has 0 atom stereocenters. The first kappa shape index (κ1) is 29.5. The number of nitrogens with one attached hydrogen (secondary N) is 1. The van der Waals surface area contributed by atoms with Crippen LogP contribution in [0.15, 0.2) is 78.9 Å². The number of benzene rings is 3. The SMILES string of the molecule is CC(C)(CCc1ccccc1)Cc1ccccc1-c1ccccc1O.CCC[NH-].S.[W]. The molecule has 3 aromatic rings. The molecule has 0 aliphatic rings. The molecule has 0 radical (unpaired) electrons. The minimum absolute atomic E-state index is 0. The van der Waals surface area contributed by atoms with E-state index in [4.69, 9.17) is 5.73 Å². The van der Waals surface area contributed by atoms with Gasteiger partial charge in [-0.15, -0.1) is 0 Å². The van der Waals surface area contributed by atoms with Crippen molar-refractivity contribution in [2.24, 2.45) is 5.41 Å². The number of hydrogen-bond acceptors (Lipinski definition) is 1. The predicted molar refractivity (Wildman–Crippen MR) is 136 cm³/mol. The van der Waals surface area contributed by atoms with Crippen molar-refractivity contribution < 1.29 is 26.2 Å². The van der Waals surface area contributed by atoms with Crippen LogP contribution < -0.4 is 0 Å². The van der Waals surface area contributed by atoms with Gasteiger partial charge >= 0.3 is 0 Å². The molecule has 0 aromatic heterocycles. The summed E-state index contributed by atoms with van der Waals surface area (Å²) in [4.78, 5) is 0. The van der Waals surface area contributed by atoms with E-state index in [-0.39, 0.29) is 40.0 Å². The maximum Gasteiger partial charge on any atom is 0.123 e. The predicted octanol–water partition coefficient (Wildman–Crippen LogP) is 7.82. The fourth-order valence-corrected chi connectivity index (χ4v) is 3.37. The van der Waals surface area contributed by atoms with E-state index in [1.807, 2.05) is 31.2 Å². The quantitative estimate of drug-likeness (QED) is 0.293. The third-order valence-corrected chi connectivity index (χ3v) is 5.06. The summed E-state index contributed by atoms with van der Waals surface area (Å²) in [5.74, 6) is 0.344. The molecule has 168 valence electrons. The van der Waals surface area contributed by atoms with Crippen LogP contribution in [-0.2, 0) is 33.9 Å². The second-order valence-corrected chi connectivity index (χ2v) is 8.25. The minimum atomic E-state index is 0. The Morgan fingerprint density at radius 1 is 0.806 bits per heavy atom. The van der Waals surface area contributed by atoms with Crippen LogP contribution in [-0.4, -0.2) is 11.7 Å². The molecule has 31 heavy (non-hydrogen) atoms. The summed E-state index contributed by atoms with van der Waals surface area (Å²) in [5, 5.41) is 10.2. The van der Waals surface area contributed by atoms with Crippen molar-refractivity contribution in [2.75, 3.05) is 6.54 Å². The fraction of sp³-hybridized carbons (Fsp3) is 0.333. The average molecular weight is 606 g/mol. The van der Waals surface area contributed by atoms with Gasteiger partial charge in [-0.1, -0.05) is 100.0 Å². The third-order valence-electron chi connectivity index (χ3n) is 5.06. The van der Waals surface area contributed by atoms with E-state index < -0.39 is 0 Å². The minimum Gasteiger partial charge on any atom is -0.677 e. The maximum absolute atomic E-state index is 10.2. The van der Waals surface area contributed by atoms with E-state index in [9.17, 15) is 5.11 Å². The van der Waals surface area contributed by atoms with Gasteiger partial charge in [0.05, 0.1) is 0 Å². The van der Waals surface area contributed by atoms with Gasteiger partial charge in [-0.25, -0.2) is 0 Å². The van der Waals surface area contributed by atoms with Gasteiger partial charge in [-0.2, -0.15) is 20.0 Å². The Morgan fingerprint density at radius 3 is 1.90 bits per heavy atom. The molecule has 0 heterocycles. The van der Waals surface area contributed by atoms with Crippen molar-refractivity contribution in [2.45, 2.75) is 46.5 Å². The van der Waals surface area contributed by atoms with Crippen LogP contribution in [0.4, 0.5) is 0 Å². The molecule has 3 aromatic carbocycles. The number of hydrogen-bond donors (Lipinski definition) is 1. The first-order valence-corrected chi connectivity index (χ1v) is 10.5. The molecule has 0 bridgehead atoms. The normalized spacial score (nSPS) is 10.2. The van der Waals surface area contributed by atoms with Gasteiger partial charge in [0.25, 0.3) is 0 Å². The van der Waals surface area contributed by atoms with Crippen LogP contribution in [0, 0.1) is 5.41 Å². The van der Waals surface area contributed by atoms with Gasteiger partial charge in [0.15, 0.2) is 0 Å². The first-order valence-electron chi connectivity index (χ1n) is 10.5. The van der Waals surface area contributed by atoms with E-state index in [0.717, 1.165) is 36.8 Å². The van der Waals surface area contributed by atoms with E-state index in [2.05, 4.69) is 62.4 Å². The van der Waals surface area contributed by atoms with E-state index in [1.54, 1.807) is 6.07 Å². The molecular formula is C27H36NOSW-. The molecule has 4 heteroatoms. The largest absolute Gasteiger partial charge is 0.677 e. The standard InChI is InChI=1S/C24H26O.C3H8N.H2S.W/c1-24(2,17-16-19-10-4-3-5-11-19)18-20-12-6-7-13-21(20)22-14-8-9-15-23(22)25;1-2-3-4;;/h3-15,25H,16-18H2,1-2H3;4H,2-3H2,1H3;1H2;/q;-1;;. The maximum atomic E-state index is 10.2. The zero-order valence-electron chi connectivity index (χ0n) is 18.9. The van der Waals surface area contributed by atoms with Crippen LogP contribution >= 0.6 is 13.5 Å². The summed E-state index contributed by atoms with van der Waals surface area (Å²) in [5.41, 5.74) is 11.4. The number of para-hydroxylation sites is 1. The number of aryl methyl sites for hydroxylation is 1. The van der Waals surface area contributed by atoms with Crippen molar-refractivity contribution in [1.82, 2.24) is 0 Å². The summed E-state index contributed by atoms with van der Waals surface area (Å²) in [6.07, 6.45) is 4.20. The molecule has 0 spiro atoms. The Kier molecular flexibility index (Phi) is 14.5. The number of phenolic OH excluding ortho intramolecular Hbond substituents is 1. The summed E-state index contributed by atoms with van der Waals surface area (Å²) < 4.78 is 0. The Morgan fingerprint density at radius 2 is 1.32 bits per heavy atom. The van der Waals surface area contributed by atoms with Gasteiger partial charge in [-0.05, 0) is 47.4 Å². The molecule has 3 rings (SSSR count). The van der Waals surface area contributed by atoms with Gasteiger partial charge in [0.1, 0.15) is 5.75 Å². The van der Waals surface area contributed by atoms with Gasteiger partial charge in [0.2, 0.25) is 0 Å². The zero-order valence-corrected chi connectivity index (χ0v) is 22.8. The zero-order chi connectivity index (χ0) is 21.1. The van der Waals surface area contributed by atoms with Crippen molar-refractivity contribution in [3.05, 3.63) is 95.7 Å².